The van der Waals surface area contributed by atoms with Crippen molar-refractivity contribution in [2.24, 2.45) is 29.6 Å². The van der Waals surface area contributed by atoms with Gasteiger partial charge in [0.25, 0.3) is 0 Å². The molecule has 2 aromatic carbocycles. The average Bonchev–Trinajstić information content (AvgIpc) is 3.59. The van der Waals surface area contributed by atoms with Crippen LogP contribution in [0.1, 0.15) is 28.3 Å². The molecule has 0 spiro atoms. The van der Waals surface area contributed by atoms with Crippen LogP contribution in [0, 0.1) is 36.5 Å². The Hall–Kier alpha value is -2.84. The molecule has 4 aliphatic rings. The first-order valence-electron chi connectivity index (χ1n) is 12.4. The van der Waals surface area contributed by atoms with Crippen LogP contribution < -0.4 is 14.7 Å². The highest BCUT2D eigenvalue weighted by Crippen LogP contribution is 2.68. The minimum Gasteiger partial charge on any atom is -0.378 e. The molecule has 1 aromatic heterocycles. The Kier molecular flexibility index (Phi) is 4.86. The largest absolute Gasteiger partial charge is 0.378 e. The first-order valence-corrected chi connectivity index (χ1v) is 14.1. The van der Waals surface area contributed by atoms with Crippen LogP contribution in [0.25, 0.3) is 0 Å². The van der Waals surface area contributed by atoms with Crippen molar-refractivity contribution < 1.29 is 9.59 Å². The van der Waals surface area contributed by atoms with E-state index in [1.807, 2.05) is 45.3 Å². The number of thiazole rings is 1. The number of anilines is 2. The molecule has 1 saturated heterocycles. The van der Waals surface area contributed by atoms with Crippen molar-refractivity contribution in [2.75, 3.05) is 23.9 Å². The van der Waals surface area contributed by atoms with Gasteiger partial charge in [-0.3, -0.25) is 19.3 Å². The molecule has 2 bridgehead atoms. The van der Waals surface area contributed by atoms with Crippen LogP contribution in [-0.4, -0.2) is 36.1 Å². The lowest BCUT2D eigenvalue weighted by Crippen LogP contribution is -2.42. The van der Waals surface area contributed by atoms with E-state index in [1.165, 1.54) is 21.8 Å². The normalized spacial score (nSPS) is 32.0. The molecule has 3 aromatic rings. The van der Waals surface area contributed by atoms with Gasteiger partial charge in [0.1, 0.15) is 0 Å². The molecule has 2 saturated carbocycles. The molecule has 2 aliphatic carbocycles. The van der Waals surface area contributed by atoms with Crippen LogP contribution >= 0.6 is 23.1 Å². The Morgan fingerprint density at radius 3 is 2.25 bits per heavy atom. The molecule has 7 rings (SSSR count). The van der Waals surface area contributed by atoms with E-state index in [2.05, 4.69) is 34.1 Å². The van der Waals surface area contributed by atoms with Crippen LogP contribution in [0.5, 0.6) is 0 Å². The third-order valence-electron chi connectivity index (χ3n) is 8.78. The van der Waals surface area contributed by atoms with Crippen LogP contribution in [0.2, 0.25) is 0 Å². The summed E-state index contributed by atoms with van der Waals surface area (Å²) in [5.41, 5.74) is 4.09. The number of carbonyl (C=O) groups excluding carboxylic acids is 2. The Labute approximate surface area is 217 Å². The van der Waals surface area contributed by atoms with Crippen molar-refractivity contribution in [3.05, 3.63) is 74.2 Å². The van der Waals surface area contributed by atoms with Gasteiger partial charge in [0.2, 0.25) is 11.8 Å². The first-order chi connectivity index (χ1) is 17.3. The van der Waals surface area contributed by atoms with Gasteiger partial charge in [-0.1, -0.05) is 41.2 Å². The fourth-order valence-corrected chi connectivity index (χ4v) is 10.2. The maximum Gasteiger partial charge on any atom is 0.305 e. The summed E-state index contributed by atoms with van der Waals surface area (Å²) in [6, 6.07) is 16.3. The highest BCUT2D eigenvalue weighted by atomic mass is 32.2. The summed E-state index contributed by atoms with van der Waals surface area (Å²) in [5.74, 6) is -0.0711. The summed E-state index contributed by atoms with van der Waals surface area (Å²) in [7, 11) is 4.05. The third-order valence-corrected chi connectivity index (χ3v) is 11.4. The number of aromatic nitrogens is 1. The minimum absolute atomic E-state index is 0.0346. The second-order valence-corrected chi connectivity index (χ2v) is 13.0. The van der Waals surface area contributed by atoms with Crippen molar-refractivity contribution in [3.8, 4) is 0 Å². The molecule has 7 unspecified atom stereocenters. The van der Waals surface area contributed by atoms with Crippen LogP contribution in [0.15, 0.2) is 58.4 Å². The topological polar surface area (TPSA) is 73.5 Å². The second-order valence-electron chi connectivity index (χ2n) is 10.8. The van der Waals surface area contributed by atoms with Crippen molar-refractivity contribution in [1.82, 2.24) is 4.98 Å². The quantitative estimate of drug-likeness (QED) is 0.519. The Bertz CT molecular complexity index is 1440. The van der Waals surface area contributed by atoms with Crippen LogP contribution in [-0.2, 0) is 9.59 Å². The molecule has 1 N–H and O–H groups in total. The number of H-pyrrole nitrogens is 1. The number of thioether (sulfide) groups is 1. The number of aryl methyl sites for hydroxylation is 1. The SMILES string of the molecule is Cc1ccc(N2C(=O)C3C4CC(C3C2=O)C2C(c3ccc(N(C)C)cc3)c3sc(=O)[nH]c3SC42)cc1. The molecular formula is C28H27N3O3S2. The van der Waals surface area contributed by atoms with Crippen molar-refractivity contribution >= 4 is 46.3 Å². The zero-order valence-corrected chi connectivity index (χ0v) is 21.9. The van der Waals surface area contributed by atoms with E-state index in [0.29, 0.717) is 5.69 Å². The number of rotatable bonds is 3. The monoisotopic (exact) mass is 517 g/mol. The van der Waals surface area contributed by atoms with Gasteiger partial charge in [0, 0.05) is 35.8 Å². The molecule has 2 aliphatic heterocycles. The maximum absolute atomic E-state index is 13.8. The summed E-state index contributed by atoms with van der Waals surface area (Å²) < 4.78 is 0. The molecule has 7 atom stereocenters. The van der Waals surface area contributed by atoms with Gasteiger partial charge >= 0.3 is 4.87 Å². The molecule has 3 fully saturated rings. The van der Waals surface area contributed by atoms with Gasteiger partial charge in [-0.25, -0.2) is 0 Å². The predicted octanol–water partition coefficient (Wildman–Crippen LogP) is 4.49. The fourth-order valence-electron chi connectivity index (χ4n) is 7.32. The van der Waals surface area contributed by atoms with E-state index >= 15 is 0 Å². The Balaban J connectivity index is 1.31. The van der Waals surface area contributed by atoms with E-state index in [0.717, 1.165) is 27.6 Å². The van der Waals surface area contributed by atoms with Gasteiger partial charge in [0.15, 0.2) is 0 Å². The highest BCUT2D eigenvalue weighted by Gasteiger charge is 2.69. The lowest BCUT2D eigenvalue weighted by molar-refractivity contribution is -0.123. The van der Waals surface area contributed by atoms with Gasteiger partial charge in [-0.15, -0.1) is 11.8 Å². The van der Waals surface area contributed by atoms with E-state index in [4.69, 9.17) is 0 Å². The fraction of sp³-hybridized carbons (Fsp3) is 0.393. The highest BCUT2D eigenvalue weighted by molar-refractivity contribution is 8.00. The molecule has 2 amide bonds. The lowest BCUT2D eigenvalue weighted by atomic mass is 9.68. The minimum atomic E-state index is -0.272. The molecule has 8 heteroatoms. The predicted molar refractivity (Wildman–Crippen MR) is 143 cm³/mol. The summed E-state index contributed by atoms with van der Waals surface area (Å²) in [6.07, 6.45) is 0.905. The number of carbonyl (C=O) groups is 2. The number of aromatic amines is 1. The smallest absolute Gasteiger partial charge is 0.305 e. The van der Waals surface area contributed by atoms with Crippen molar-refractivity contribution in [3.63, 3.8) is 0 Å². The number of benzene rings is 2. The standard InChI is InChI=1S/C28H27N3O3S2/c1-13-4-8-16(9-5-13)31-26(32)21-17-12-18(22(21)27(31)33)23-20(17)19(24-25(35-23)29-28(34)36-24)14-6-10-15(11-7-14)30(2)3/h4-11,17-23H,12H2,1-3H3,(H,29,34). The first kappa shape index (κ1) is 22.4. The van der Waals surface area contributed by atoms with Crippen LogP contribution in [0.4, 0.5) is 11.4 Å². The molecular weight excluding hydrogens is 490 g/mol. The number of hydrogen-bond donors (Lipinski definition) is 1. The summed E-state index contributed by atoms with van der Waals surface area (Å²) in [6.45, 7) is 2.00. The number of amides is 2. The number of imide groups is 1. The third kappa shape index (κ3) is 3.00. The van der Waals surface area contributed by atoms with E-state index in [9.17, 15) is 14.4 Å². The second kappa shape index (κ2) is 7.83. The Morgan fingerprint density at radius 2 is 1.58 bits per heavy atom. The number of nitrogens with zero attached hydrogens (tertiary/aromatic N) is 2. The molecule has 6 nitrogen and oxygen atoms in total. The maximum atomic E-state index is 13.8. The lowest BCUT2D eigenvalue weighted by Gasteiger charge is -2.43. The van der Waals surface area contributed by atoms with Gasteiger partial charge in [-0.05, 0) is 60.9 Å². The molecule has 36 heavy (non-hydrogen) atoms. The Morgan fingerprint density at radius 1 is 0.917 bits per heavy atom. The van der Waals surface area contributed by atoms with Gasteiger partial charge in [0.05, 0.1) is 22.5 Å². The van der Waals surface area contributed by atoms with Crippen molar-refractivity contribution in [2.45, 2.75) is 29.5 Å². The van der Waals surface area contributed by atoms with Crippen LogP contribution in [0.3, 0.4) is 0 Å². The molecule has 0 radical (unpaired) electrons. The van der Waals surface area contributed by atoms with Gasteiger partial charge in [-0.2, -0.15) is 0 Å². The zero-order chi connectivity index (χ0) is 24.9. The summed E-state index contributed by atoms with van der Waals surface area (Å²) in [4.78, 5) is 47.6. The number of nitrogens with one attached hydrogen (secondary N) is 1. The van der Waals surface area contributed by atoms with E-state index < -0.39 is 0 Å². The number of hydrogen-bond acceptors (Lipinski definition) is 6. The average molecular weight is 518 g/mol. The van der Waals surface area contributed by atoms with E-state index in [-0.39, 0.29) is 57.4 Å². The van der Waals surface area contributed by atoms with Gasteiger partial charge < -0.3 is 9.88 Å². The summed E-state index contributed by atoms with van der Waals surface area (Å²) >= 11 is 3.03. The van der Waals surface area contributed by atoms with E-state index in [1.54, 1.807) is 11.8 Å². The van der Waals surface area contributed by atoms with Crippen molar-refractivity contribution in [1.29, 1.82) is 0 Å². The number of fused-ring (bicyclic) bond motifs is 9. The zero-order valence-electron chi connectivity index (χ0n) is 20.3. The molecule has 3 heterocycles. The molecule has 184 valence electrons. The summed E-state index contributed by atoms with van der Waals surface area (Å²) in [5, 5.41) is 1.16.